The van der Waals surface area contributed by atoms with Crippen molar-refractivity contribution in [2.45, 2.75) is 39.0 Å². The van der Waals surface area contributed by atoms with Crippen LogP contribution in [0.5, 0.6) is 0 Å². The van der Waals surface area contributed by atoms with Gasteiger partial charge in [0.25, 0.3) is 0 Å². The fourth-order valence-electron chi connectivity index (χ4n) is 1.73. The van der Waals surface area contributed by atoms with Crippen LogP contribution in [0, 0.1) is 11.8 Å². The molecule has 64 valence electrons. The van der Waals surface area contributed by atoms with E-state index in [2.05, 4.69) is 26.8 Å². The summed E-state index contributed by atoms with van der Waals surface area (Å²) in [7, 11) is 0. The molecule has 11 heavy (non-hydrogen) atoms. The molecule has 0 fully saturated rings. The highest BCUT2D eigenvalue weighted by Gasteiger charge is 2.23. The molecular formula is C10H17Cl. The van der Waals surface area contributed by atoms with Crippen LogP contribution in [-0.4, -0.2) is 5.38 Å². The number of alkyl halides is 1. The van der Waals surface area contributed by atoms with Gasteiger partial charge < -0.3 is 0 Å². The van der Waals surface area contributed by atoms with Crippen LogP contribution < -0.4 is 0 Å². The molecule has 2 unspecified atom stereocenters. The third-order valence-corrected chi connectivity index (χ3v) is 3.03. The lowest BCUT2D eigenvalue weighted by molar-refractivity contribution is 0.355. The molecule has 0 aliphatic heterocycles. The minimum absolute atomic E-state index is 0.281. The summed E-state index contributed by atoms with van der Waals surface area (Å²) < 4.78 is 0. The van der Waals surface area contributed by atoms with E-state index in [-0.39, 0.29) is 5.38 Å². The Morgan fingerprint density at radius 1 is 1.55 bits per heavy atom. The Kier molecular flexibility index (Phi) is 3.00. The summed E-state index contributed by atoms with van der Waals surface area (Å²) in [6, 6.07) is 0. The van der Waals surface area contributed by atoms with E-state index in [4.69, 9.17) is 11.6 Å². The Labute approximate surface area is 74.6 Å². The lowest BCUT2D eigenvalue weighted by atomic mass is 9.82. The molecule has 1 aliphatic carbocycles. The van der Waals surface area contributed by atoms with E-state index in [1.54, 1.807) is 0 Å². The van der Waals surface area contributed by atoms with E-state index < -0.39 is 0 Å². The molecular weight excluding hydrogens is 156 g/mol. The first-order chi connectivity index (χ1) is 5.11. The maximum atomic E-state index is 6.20. The molecule has 0 radical (unpaired) electrons. The predicted molar refractivity (Wildman–Crippen MR) is 51.0 cm³/mol. The second-order valence-electron chi connectivity index (χ2n) is 3.90. The highest BCUT2D eigenvalue weighted by atomic mass is 35.5. The third kappa shape index (κ3) is 2.23. The van der Waals surface area contributed by atoms with Crippen molar-refractivity contribution in [3.63, 3.8) is 0 Å². The zero-order chi connectivity index (χ0) is 8.43. The number of hydrogen-bond donors (Lipinski definition) is 0. The summed E-state index contributed by atoms with van der Waals surface area (Å²) in [6.45, 7) is 6.69. The lowest BCUT2D eigenvalue weighted by Gasteiger charge is -2.28. The summed E-state index contributed by atoms with van der Waals surface area (Å²) >= 11 is 6.20. The van der Waals surface area contributed by atoms with Gasteiger partial charge >= 0.3 is 0 Å². The van der Waals surface area contributed by atoms with Gasteiger partial charge in [-0.25, -0.2) is 0 Å². The first-order valence-electron chi connectivity index (χ1n) is 4.42. The zero-order valence-corrected chi connectivity index (χ0v) is 8.36. The molecule has 0 nitrogen and oxygen atoms in total. The van der Waals surface area contributed by atoms with E-state index in [1.807, 2.05) is 0 Å². The fraction of sp³-hybridized carbons (Fsp3) is 0.800. The molecule has 0 aromatic rings. The Bertz CT molecular complexity index is 158. The number of rotatable bonds is 1. The normalized spacial score (nSPS) is 32.3. The van der Waals surface area contributed by atoms with Crippen LogP contribution in [0.1, 0.15) is 33.6 Å². The SMILES string of the molecule is CC1=CC(Cl)C(C(C)C)CC1. The van der Waals surface area contributed by atoms with Gasteiger partial charge in [0.05, 0.1) is 5.38 Å². The van der Waals surface area contributed by atoms with Gasteiger partial charge in [-0.15, -0.1) is 11.6 Å². The van der Waals surface area contributed by atoms with Crippen molar-refractivity contribution >= 4 is 11.6 Å². The molecule has 0 amide bonds. The van der Waals surface area contributed by atoms with Gasteiger partial charge in [-0.2, -0.15) is 0 Å². The Hall–Kier alpha value is 0.0300. The number of halogens is 1. The number of allylic oxidation sites excluding steroid dienone is 2. The first-order valence-corrected chi connectivity index (χ1v) is 4.86. The molecule has 0 aromatic heterocycles. The zero-order valence-electron chi connectivity index (χ0n) is 7.60. The average Bonchev–Trinajstić information content (AvgIpc) is 1.85. The Morgan fingerprint density at radius 2 is 2.18 bits per heavy atom. The van der Waals surface area contributed by atoms with Gasteiger partial charge in [-0.3, -0.25) is 0 Å². The van der Waals surface area contributed by atoms with E-state index in [0.29, 0.717) is 5.92 Å². The van der Waals surface area contributed by atoms with Crippen molar-refractivity contribution in [1.82, 2.24) is 0 Å². The quantitative estimate of drug-likeness (QED) is 0.419. The first kappa shape index (κ1) is 9.12. The molecule has 1 aliphatic rings. The van der Waals surface area contributed by atoms with Crippen LogP contribution in [0.25, 0.3) is 0 Å². The van der Waals surface area contributed by atoms with E-state index >= 15 is 0 Å². The summed E-state index contributed by atoms with van der Waals surface area (Å²) in [6.07, 6.45) is 4.73. The molecule has 0 aromatic carbocycles. The molecule has 1 heteroatoms. The monoisotopic (exact) mass is 172 g/mol. The second kappa shape index (κ2) is 3.62. The highest BCUT2D eigenvalue weighted by Crippen LogP contribution is 2.32. The molecule has 0 spiro atoms. The van der Waals surface area contributed by atoms with Gasteiger partial charge in [-0.1, -0.05) is 25.5 Å². The van der Waals surface area contributed by atoms with Crippen LogP contribution in [0.15, 0.2) is 11.6 Å². The average molecular weight is 173 g/mol. The largest absolute Gasteiger partial charge is 0.118 e. The van der Waals surface area contributed by atoms with Crippen molar-refractivity contribution < 1.29 is 0 Å². The van der Waals surface area contributed by atoms with Gasteiger partial charge in [-0.05, 0) is 31.6 Å². The van der Waals surface area contributed by atoms with Gasteiger partial charge in [0, 0.05) is 0 Å². The summed E-state index contributed by atoms with van der Waals surface area (Å²) in [4.78, 5) is 0. The molecule has 2 atom stereocenters. The van der Waals surface area contributed by atoms with Crippen LogP contribution in [0.4, 0.5) is 0 Å². The minimum Gasteiger partial charge on any atom is -0.118 e. The minimum atomic E-state index is 0.281. The summed E-state index contributed by atoms with van der Waals surface area (Å²) in [5.74, 6) is 1.42. The van der Waals surface area contributed by atoms with Crippen molar-refractivity contribution in [2.75, 3.05) is 0 Å². The van der Waals surface area contributed by atoms with Crippen molar-refractivity contribution in [3.8, 4) is 0 Å². The van der Waals surface area contributed by atoms with E-state index in [9.17, 15) is 0 Å². The summed E-state index contributed by atoms with van der Waals surface area (Å²) in [5, 5.41) is 0.281. The third-order valence-electron chi connectivity index (χ3n) is 2.58. The maximum absolute atomic E-state index is 6.20. The van der Waals surface area contributed by atoms with Crippen LogP contribution >= 0.6 is 11.6 Å². The van der Waals surface area contributed by atoms with Crippen LogP contribution in [0.3, 0.4) is 0 Å². The fourth-order valence-corrected chi connectivity index (χ4v) is 2.37. The summed E-state index contributed by atoms with van der Waals surface area (Å²) in [5.41, 5.74) is 1.46. The topological polar surface area (TPSA) is 0 Å². The highest BCUT2D eigenvalue weighted by molar-refractivity contribution is 6.22. The van der Waals surface area contributed by atoms with Crippen molar-refractivity contribution in [3.05, 3.63) is 11.6 Å². The molecule has 0 bridgehead atoms. The van der Waals surface area contributed by atoms with Crippen molar-refractivity contribution in [1.29, 1.82) is 0 Å². The molecule has 0 heterocycles. The van der Waals surface area contributed by atoms with Crippen LogP contribution in [0.2, 0.25) is 0 Å². The van der Waals surface area contributed by atoms with Crippen LogP contribution in [-0.2, 0) is 0 Å². The second-order valence-corrected chi connectivity index (χ2v) is 4.41. The maximum Gasteiger partial charge on any atom is 0.0549 e. The Morgan fingerprint density at radius 3 is 2.64 bits per heavy atom. The smallest absolute Gasteiger partial charge is 0.0549 e. The van der Waals surface area contributed by atoms with Gasteiger partial charge in [0.1, 0.15) is 0 Å². The predicted octanol–water partition coefficient (Wildman–Crippen LogP) is 3.61. The van der Waals surface area contributed by atoms with Gasteiger partial charge in [0.2, 0.25) is 0 Å². The standard InChI is InChI=1S/C10H17Cl/c1-7(2)9-5-4-8(3)6-10(9)11/h6-7,9-10H,4-5H2,1-3H3. The lowest BCUT2D eigenvalue weighted by Crippen LogP contribution is -2.22. The van der Waals surface area contributed by atoms with Gasteiger partial charge in [0.15, 0.2) is 0 Å². The van der Waals surface area contributed by atoms with E-state index in [1.165, 1.54) is 18.4 Å². The molecule has 0 saturated carbocycles. The number of hydrogen-bond acceptors (Lipinski definition) is 0. The molecule has 0 saturated heterocycles. The van der Waals surface area contributed by atoms with E-state index in [0.717, 1.165) is 5.92 Å². The van der Waals surface area contributed by atoms with Crippen molar-refractivity contribution in [2.24, 2.45) is 11.8 Å². The Balaban J connectivity index is 2.60. The molecule has 0 N–H and O–H groups in total. The molecule has 1 rings (SSSR count).